The standard InChI is InChI=1S/C25H25FN2O7S.2C2H6/c1-4-34-24(30)23-21(15-8-9-16(20(26)10-15)13-36(3,32)33)19-7-5-6-18(22(19)27-23)14(2)28-11-17(12-29)35-25(28)31;2*1-2/h5-11,14,27,29H,4,12-13H2,1-3H3;2*1-2H3. The summed E-state index contributed by atoms with van der Waals surface area (Å²) in [6.45, 7) is 11.1. The number of nitrogens with one attached hydrogen (secondary N) is 1. The summed E-state index contributed by atoms with van der Waals surface area (Å²) in [6.07, 6.45) is 2.44. The molecule has 2 aromatic heterocycles. The number of benzene rings is 2. The first kappa shape index (κ1) is 32.5. The number of hydrogen-bond donors (Lipinski definition) is 2. The lowest BCUT2D eigenvalue weighted by Gasteiger charge is -2.13. The van der Waals surface area contributed by atoms with Crippen LogP contribution < -0.4 is 5.76 Å². The predicted octanol–water partition coefficient (Wildman–Crippen LogP) is 5.60. The summed E-state index contributed by atoms with van der Waals surface area (Å²) in [6, 6.07) is 8.85. The molecule has 0 amide bonds. The number of oxazole rings is 1. The zero-order valence-corrected chi connectivity index (χ0v) is 24.7. The van der Waals surface area contributed by atoms with Crippen LogP contribution in [0.1, 0.15) is 75.0 Å². The van der Waals surface area contributed by atoms with E-state index >= 15 is 0 Å². The third-order valence-electron chi connectivity index (χ3n) is 5.84. The highest BCUT2D eigenvalue weighted by Gasteiger charge is 2.25. The van der Waals surface area contributed by atoms with Crippen molar-refractivity contribution in [1.29, 1.82) is 0 Å². The van der Waals surface area contributed by atoms with Gasteiger partial charge in [0.1, 0.15) is 18.1 Å². The summed E-state index contributed by atoms with van der Waals surface area (Å²) >= 11 is 0. The van der Waals surface area contributed by atoms with Gasteiger partial charge in [-0.05, 0) is 31.0 Å². The second-order valence-electron chi connectivity index (χ2n) is 8.45. The van der Waals surface area contributed by atoms with Gasteiger partial charge in [0.05, 0.1) is 30.1 Å². The average molecular weight is 577 g/mol. The van der Waals surface area contributed by atoms with Crippen LogP contribution in [0.3, 0.4) is 0 Å². The van der Waals surface area contributed by atoms with Gasteiger partial charge < -0.3 is 19.2 Å². The number of aliphatic hydroxyl groups is 1. The lowest BCUT2D eigenvalue weighted by atomic mass is 9.98. The first-order chi connectivity index (χ1) is 19.0. The Morgan fingerprint density at radius 1 is 1.18 bits per heavy atom. The van der Waals surface area contributed by atoms with E-state index in [4.69, 9.17) is 9.15 Å². The molecule has 0 aliphatic carbocycles. The van der Waals surface area contributed by atoms with E-state index in [1.807, 2.05) is 27.7 Å². The molecule has 2 aromatic carbocycles. The Hall–Kier alpha value is -3.70. The van der Waals surface area contributed by atoms with Crippen molar-refractivity contribution in [3.8, 4) is 11.1 Å². The molecule has 218 valence electrons. The highest BCUT2D eigenvalue weighted by atomic mass is 32.2. The molecule has 0 fully saturated rings. The molecule has 2 heterocycles. The molecule has 0 bridgehead atoms. The SMILES string of the molecule is CC.CC.CCOC(=O)c1[nH]c2c(C(C)n3cc(CO)oc3=O)cccc2c1-c1ccc(CS(C)(=O)=O)c(F)c1. The molecule has 40 heavy (non-hydrogen) atoms. The Bertz CT molecular complexity index is 1620. The Balaban J connectivity index is 0.00000134. The molecular weight excluding hydrogens is 539 g/mol. The van der Waals surface area contributed by atoms with Crippen LogP contribution in [-0.4, -0.2) is 41.9 Å². The van der Waals surface area contributed by atoms with E-state index < -0.39 is 45.8 Å². The number of aromatic nitrogens is 2. The van der Waals surface area contributed by atoms with Crippen molar-refractivity contribution in [2.75, 3.05) is 12.9 Å². The molecule has 9 nitrogen and oxygen atoms in total. The Morgan fingerprint density at radius 2 is 1.85 bits per heavy atom. The fraction of sp³-hybridized carbons (Fsp3) is 0.379. The van der Waals surface area contributed by atoms with Crippen molar-refractivity contribution in [2.24, 2.45) is 0 Å². The van der Waals surface area contributed by atoms with Crippen molar-refractivity contribution in [1.82, 2.24) is 9.55 Å². The molecule has 0 saturated heterocycles. The number of esters is 1. The van der Waals surface area contributed by atoms with Crippen LogP contribution >= 0.6 is 0 Å². The molecule has 0 saturated carbocycles. The van der Waals surface area contributed by atoms with Crippen LogP contribution in [0.2, 0.25) is 0 Å². The lowest BCUT2D eigenvalue weighted by Crippen LogP contribution is -2.18. The fourth-order valence-corrected chi connectivity index (χ4v) is 5.04. The highest BCUT2D eigenvalue weighted by Crippen LogP contribution is 2.37. The fourth-order valence-electron chi connectivity index (χ4n) is 4.24. The monoisotopic (exact) mass is 576 g/mol. The summed E-state index contributed by atoms with van der Waals surface area (Å²) < 4.78 is 49.8. The van der Waals surface area contributed by atoms with Crippen LogP contribution in [0.5, 0.6) is 0 Å². The number of carbonyl (C=O) groups excluding carboxylic acids is 1. The van der Waals surface area contributed by atoms with Gasteiger partial charge in [-0.1, -0.05) is 58.0 Å². The number of carbonyl (C=O) groups is 1. The molecule has 1 unspecified atom stereocenters. The number of hydrogen-bond acceptors (Lipinski definition) is 7. The molecule has 4 rings (SSSR count). The molecule has 0 spiro atoms. The smallest absolute Gasteiger partial charge is 0.419 e. The lowest BCUT2D eigenvalue weighted by molar-refractivity contribution is 0.0521. The van der Waals surface area contributed by atoms with Crippen molar-refractivity contribution >= 4 is 26.7 Å². The number of para-hydroxylation sites is 1. The van der Waals surface area contributed by atoms with E-state index in [2.05, 4.69) is 4.98 Å². The van der Waals surface area contributed by atoms with Gasteiger partial charge in [-0.25, -0.2) is 22.4 Å². The summed E-state index contributed by atoms with van der Waals surface area (Å²) in [5, 5.41) is 9.89. The molecule has 2 N–H and O–H groups in total. The Kier molecular flexibility index (Phi) is 11.4. The van der Waals surface area contributed by atoms with E-state index in [-0.39, 0.29) is 23.6 Å². The van der Waals surface area contributed by atoms with Gasteiger partial charge >= 0.3 is 11.7 Å². The van der Waals surface area contributed by atoms with Crippen LogP contribution in [-0.2, 0) is 26.9 Å². The van der Waals surface area contributed by atoms with E-state index in [1.54, 1.807) is 38.1 Å². The van der Waals surface area contributed by atoms with Crippen molar-refractivity contribution < 1.29 is 31.9 Å². The number of sulfone groups is 1. The zero-order chi connectivity index (χ0) is 30.2. The summed E-state index contributed by atoms with van der Waals surface area (Å²) in [5.41, 5.74) is 2.03. The summed E-state index contributed by atoms with van der Waals surface area (Å²) in [7, 11) is -3.45. The van der Waals surface area contributed by atoms with Crippen molar-refractivity contribution in [3.05, 3.63) is 81.5 Å². The molecule has 0 aliphatic heterocycles. The Morgan fingerprint density at radius 3 is 2.40 bits per heavy atom. The predicted molar refractivity (Wildman–Crippen MR) is 154 cm³/mol. The van der Waals surface area contributed by atoms with Crippen LogP contribution in [0.25, 0.3) is 22.0 Å². The van der Waals surface area contributed by atoms with Crippen LogP contribution in [0.15, 0.2) is 51.8 Å². The largest absolute Gasteiger partial charge is 0.461 e. The van der Waals surface area contributed by atoms with Gasteiger partial charge in [-0.2, -0.15) is 0 Å². The number of ether oxygens (including phenoxy) is 1. The normalized spacial score (nSPS) is 11.7. The van der Waals surface area contributed by atoms with E-state index in [1.165, 1.54) is 22.9 Å². The quantitative estimate of drug-likeness (QED) is 0.261. The minimum absolute atomic E-state index is 0.0205. The Labute approximate surface area is 233 Å². The maximum absolute atomic E-state index is 14.9. The topological polar surface area (TPSA) is 132 Å². The second-order valence-corrected chi connectivity index (χ2v) is 10.6. The second kappa shape index (κ2) is 14.1. The van der Waals surface area contributed by atoms with Gasteiger partial charge in [0, 0.05) is 22.8 Å². The number of aromatic amines is 1. The van der Waals surface area contributed by atoms with Gasteiger partial charge in [0.2, 0.25) is 0 Å². The molecule has 1 atom stereocenters. The highest BCUT2D eigenvalue weighted by molar-refractivity contribution is 7.89. The number of H-pyrrole nitrogens is 1. The maximum atomic E-state index is 14.9. The first-order valence-electron chi connectivity index (χ1n) is 13.1. The minimum Gasteiger partial charge on any atom is -0.461 e. The molecule has 4 aromatic rings. The minimum atomic E-state index is -3.45. The van der Waals surface area contributed by atoms with Gasteiger partial charge in [0.15, 0.2) is 15.6 Å². The van der Waals surface area contributed by atoms with Gasteiger partial charge in [-0.15, -0.1) is 0 Å². The number of nitrogens with zero attached hydrogens (tertiary/aromatic N) is 1. The third kappa shape index (κ3) is 7.08. The van der Waals surface area contributed by atoms with E-state index in [0.717, 1.165) is 6.26 Å². The zero-order valence-electron chi connectivity index (χ0n) is 23.9. The first-order valence-corrected chi connectivity index (χ1v) is 15.2. The van der Waals surface area contributed by atoms with Crippen LogP contribution in [0, 0.1) is 5.82 Å². The van der Waals surface area contributed by atoms with Crippen LogP contribution in [0.4, 0.5) is 4.39 Å². The maximum Gasteiger partial charge on any atom is 0.419 e. The number of rotatable bonds is 8. The molecule has 0 aliphatic rings. The molecular formula is C29H37FN2O7S. The molecule has 0 radical (unpaired) electrons. The van der Waals surface area contributed by atoms with E-state index in [0.29, 0.717) is 27.6 Å². The van der Waals surface area contributed by atoms with E-state index in [9.17, 15) is 27.5 Å². The summed E-state index contributed by atoms with van der Waals surface area (Å²) in [4.78, 5) is 28.3. The van der Waals surface area contributed by atoms with Crippen molar-refractivity contribution in [2.45, 2.75) is 59.9 Å². The molecule has 11 heteroatoms. The number of halogens is 1. The average Bonchev–Trinajstić information content (AvgIpc) is 3.51. The van der Waals surface area contributed by atoms with Crippen molar-refractivity contribution in [3.63, 3.8) is 0 Å². The third-order valence-corrected chi connectivity index (χ3v) is 6.68. The number of aliphatic hydroxyl groups excluding tert-OH is 1. The summed E-state index contributed by atoms with van der Waals surface area (Å²) in [5.74, 6) is -2.35. The van der Waals surface area contributed by atoms with Gasteiger partial charge in [0.25, 0.3) is 0 Å². The van der Waals surface area contributed by atoms with Gasteiger partial charge in [-0.3, -0.25) is 4.57 Å². The number of fused-ring (bicyclic) bond motifs is 1.